The van der Waals surface area contributed by atoms with E-state index in [9.17, 15) is 14.4 Å². The molecule has 40 heavy (non-hydrogen) atoms. The van der Waals surface area contributed by atoms with Crippen molar-refractivity contribution in [3.8, 4) is 0 Å². The van der Waals surface area contributed by atoms with Crippen molar-refractivity contribution in [2.45, 2.75) is 37.9 Å². The molecule has 3 amide bonds. The Morgan fingerprint density at radius 3 is 2.20 bits per heavy atom. The number of guanidine groups is 1. The number of carbonyl (C=O) groups is 3. The van der Waals surface area contributed by atoms with Crippen molar-refractivity contribution in [3.05, 3.63) is 107 Å². The monoisotopic (exact) mass is 539 g/mol. The lowest BCUT2D eigenvalue weighted by atomic mass is 9.82. The van der Waals surface area contributed by atoms with Gasteiger partial charge in [0.25, 0.3) is 11.8 Å². The molecule has 0 saturated carbocycles. The summed E-state index contributed by atoms with van der Waals surface area (Å²) in [4.78, 5) is 42.3. The van der Waals surface area contributed by atoms with Gasteiger partial charge in [0.15, 0.2) is 11.5 Å². The van der Waals surface area contributed by atoms with E-state index in [-0.39, 0.29) is 30.4 Å². The first kappa shape index (κ1) is 26.9. The Labute approximate surface area is 233 Å². The Morgan fingerprint density at radius 1 is 0.975 bits per heavy atom. The predicted molar refractivity (Wildman–Crippen MR) is 151 cm³/mol. The van der Waals surface area contributed by atoms with Gasteiger partial charge in [0.1, 0.15) is 0 Å². The largest absolute Gasteiger partial charge is 0.450 e. The third-order valence-electron chi connectivity index (χ3n) is 7.45. The first-order chi connectivity index (χ1) is 19.4. The zero-order chi connectivity index (χ0) is 28.1. The van der Waals surface area contributed by atoms with E-state index in [1.165, 1.54) is 4.90 Å². The molecule has 0 aromatic heterocycles. The zero-order valence-corrected chi connectivity index (χ0v) is 22.4. The van der Waals surface area contributed by atoms with Crippen LogP contribution < -0.4 is 10.6 Å². The lowest BCUT2D eigenvalue weighted by molar-refractivity contribution is -0.130. The lowest BCUT2D eigenvalue weighted by Gasteiger charge is -2.32. The van der Waals surface area contributed by atoms with Gasteiger partial charge < -0.3 is 20.3 Å². The van der Waals surface area contributed by atoms with Gasteiger partial charge in [0, 0.05) is 24.7 Å². The van der Waals surface area contributed by atoms with E-state index in [1.807, 2.05) is 66.7 Å². The van der Waals surface area contributed by atoms with Crippen molar-refractivity contribution in [1.82, 2.24) is 20.4 Å². The van der Waals surface area contributed by atoms with Crippen molar-refractivity contribution in [2.24, 2.45) is 0 Å². The van der Waals surface area contributed by atoms with Crippen LogP contribution in [0.5, 0.6) is 0 Å². The van der Waals surface area contributed by atoms with Gasteiger partial charge in [-0.05, 0) is 48.6 Å². The highest BCUT2D eigenvalue weighted by Crippen LogP contribution is 2.36. The van der Waals surface area contributed by atoms with Crippen molar-refractivity contribution in [3.63, 3.8) is 0 Å². The molecule has 3 aromatic rings. The number of nitrogens with zero attached hydrogens (tertiary/aromatic N) is 2. The molecule has 0 unspecified atom stereocenters. The summed E-state index contributed by atoms with van der Waals surface area (Å²) in [5.41, 5.74) is 1.57. The summed E-state index contributed by atoms with van der Waals surface area (Å²) in [5.74, 6) is -0.339. The Kier molecular flexibility index (Phi) is 7.82. The minimum absolute atomic E-state index is 0.00519. The van der Waals surface area contributed by atoms with Crippen LogP contribution in [0.2, 0.25) is 0 Å². The van der Waals surface area contributed by atoms with Gasteiger partial charge in [-0.1, -0.05) is 72.8 Å². The molecule has 2 aliphatic rings. The van der Waals surface area contributed by atoms with Crippen molar-refractivity contribution in [2.75, 3.05) is 19.7 Å². The standard InChI is InChI=1S/C31H33N5O4/c1-2-40-30(39)33-26-16-18-35(19-17-26)27(37)23-11-9-10-22(20-23)21-36-28(38)31(34-29(36)32,24-12-5-3-6-13-24)25-14-7-4-8-15-25/h3-15,20,26H,2,16-19,21H2,1H3,(H2,32,34)(H,33,39). The number of likely N-dealkylation sites (tertiary alicyclic amines) is 1. The summed E-state index contributed by atoms with van der Waals surface area (Å²) >= 11 is 0. The van der Waals surface area contributed by atoms with Crippen LogP contribution in [-0.2, 0) is 21.6 Å². The van der Waals surface area contributed by atoms with E-state index in [2.05, 4.69) is 10.6 Å². The van der Waals surface area contributed by atoms with Crippen LogP contribution in [0.4, 0.5) is 4.79 Å². The minimum atomic E-state index is -1.21. The summed E-state index contributed by atoms with van der Waals surface area (Å²) in [5, 5.41) is 14.7. The van der Waals surface area contributed by atoms with E-state index in [4.69, 9.17) is 10.1 Å². The zero-order valence-electron chi connectivity index (χ0n) is 22.4. The SMILES string of the molecule is CCOC(=O)NC1CCN(C(=O)c2cccc(CN3C(=N)NC(c4ccccc4)(c4ccccc4)C3=O)c2)CC1. The molecule has 0 bridgehead atoms. The second-order valence-electron chi connectivity index (χ2n) is 9.98. The number of hydrogen-bond acceptors (Lipinski definition) is 5. The van der Waals surface area contributed by atoms with Crippen LogP contribution in [0.1, 0.15) is 46.8 Å². The lowest BCUT2D eigenvalue weighted by Crippen LogP contribution is -2.46. The Balaban J connectivity index is 1.31. The average Bonchev–Trinajstić information content (AvgIpc) is 3.24. The molecular weight excluding hydrogens is 506 g/mol. The van der Waals surface area contributed by atoms with Crippen LogP contribution in [-0.4, -0.2) is 59.4 Å². The van der Waals surface area contributed by atoms with Crippen LogP contribution >= 0.6 is 0 Å². The molecule has 9 nitrogen and oxygen atoms in total. The van der Waals surface area contributed by atoms with Gasteiger partial charge in [-0.25, -0.2) is 4.79 Å². The molecule has 2 saturated heterocycles. The van der Waals surface area contributed by atoms with Crippen molar-refractivity contribution in [1.29, 1.82) is 5.41 Å². The maximum atomic E-state index is 14.1. The normalized spacial score (nSPS) is 16.9. The molecule has 3 aromatic carbocycles. The number of amides is 3. The Hall–Kier alpha value is -4.66. The maximum Gasteiger partial charge on any atom is 0.407 e. The Morgan fingerprint density at radius 2 is 1.60 bits per heavy atom. The van der Waals surface area contributed by atoms with Crippen LogP contribution in [0, 0.1) is 5.41 Å². The van der Waals surface area contributed by atoms with E-state index >= 15 is 0 Å². The second kappa shape index (κ2) is 11.6. The number of carbonyl (C=O) groups excluding carboxylic acids is 3. The molecule has 0 spiro atoms. The molecule has 0 radical (unpaired) electrons. The third-order valence-corrected chi connectivity index (χ3v) is 7.45. The number of ether oxygens (including phenoxy) is 1. The molecule has 2 fully saturated rings. The summed E-state index contributed by atoms with van der Waals surface area (Å²) in [7, 11) is 0. The fourth-order valence-electron chi connectivity index (χ4n) is 5.42. The van der Waals surface area contributed by atoms with Crippen molar-refractivity contribution >= 4 is 23.9 Å². The van der Waals surface area contributed by atoms with E-state index in [0.29, 0.717) is 38.1 Å². The number of nitrogens with one attached hydrogen (secondary N) is 3. The predicted octanol–water partition coefficient (Wildman–Crippen LogP) is 3.85. The van der Waals surface area contributed by atoms with Gasteiger partial charge >= 0.3 is 6.09 Å². The van der Waals surface area contributed by atoms with Gasteiger partial charge in [-0.3, -0.25) is 19.9 Å². The molecule has 3 N–H and O–H groups in total. The Bertz CT molecular complexity index is 1350. The summed E-state index contributed by atoms with van der Waals surface area (Å²) in [6.07, 6.45) is 0.868. The van der Waals surface area contributed by atoms with Gasteiger partial charge in [0.05, 0.1) is 13.2 Å². The quantitative estimate of drug-likeness (QED) is 0.422. The van der Waals surface area contributed by atoms with Crippen molar-refractivity contribution < 1.29 is 19.1 Å². The molecule has 2 heterocycles. The number of benzene rings is 3. The summed E-state index contributed by atoms with van der Waals surface area (Å²) in [6.45, 7) is 3.28. The fourth-order valence-corrected chi connectivity index (χ4v) is 5.42. The maximum absolute atomic E-state index is 14.1. The van der Waals surface area contributed by atoms with Crippen LogP contribution in [0.3, 0.4) is 0 Å². The second-order valence-corrected chi connectivity index (χ2v) is 9.98. The highest BCUT2D eigenvalue weighted by Gasteiger charge is 2.52. The highest BCUT2D eigenvalue weighted by molar-refractivity contribution is 6.10. The molecule has 5 rings (SSSR count). The molecule has 206 valence electrons. The molecular formula is C31H33N5O4. The first-order valence-electron chi connectivity index (χ1n) is 13.5. The minimum Gasteiger partial charge on any atom is -0.450 e. The number of hydrogen-bond donors (Lipinski definition) is 3. The van der Waals surface area contributed by atoms with Gasteiger partial charge in [0.2, 0.25) is 0 Å². The molecule has 0 atom stereocenters. The summed E-state index contributed by atoms with van der Waals surface area (Å²) < 4.78 is 4.96. The number of rotatable bonds is 7. The fraction of sp³-hybridized carbons (Fsp3) is 0.290. The smallest absolute Gasteiger partial charge is 0.407 e. The number of piperidine rings is 1. The average molecular weight is 540 g/mol. The van der Waals surface area contributed by atoms with E-state index in [0.717, 1.165) is 16.7 Å². The van der Waals surface area contributed by atoms with Crippen LogP contribution in [0.25, 0.3) is 0 Å². The van der Waals surface area contributed by atoms with Crippen LogP contribution in [0.15, 0.2) is 84.9 Å². The van der Waals surface area contributed by atoms with Gasteiger partial charge in [-0.2, -0.15) is 0 Å². The number of alkyl carbamates (subject to hydrolysis) is 1. The first-order valence-corrected chi connectivity index (χ1v) is 13.5. The molecule has 9 heteroatoms. The van der Waals surface area contributed by atoms with Gasteiger partial charge in [-0.15, -0.1) is 0 Å². The topological polar surface area (TPSA) is 115 Å². The molecule has 0 aliphatic carbocycles. The summed E-state index contributed by atoms with van der Waals surface area (Å²) in [6, 6.07) is 26.1. The highest BCUT2D eigenvalue weighted by atomic mass is 16.5. The third kappa shape index (κ3) is 5.27. The van der Waals surface area contributed by atoms with E-state index in [1.54, 1.807) is 30.0 Å². The molecule has 2 aliphatic heterocycles. The van der Waals surface area contributed by atoms with E-state index < -0.39 is 11.6 Å².